The highest BCUT2D eigenvalue weighted by Gasteiger charge is 2.14. The lowest BCUT2D eigenvalue weighted by Gasteiger charge is -2.18. The minimum absolute atomic E-state index is 1.10. The molecular formula is C17H25N3. The van der Waals surface area contributed by atoms with Crippen molar-refractivity contribution in [1.82, 2.24) is 9.47 Å². The third kappa shape index (κ3) is 2.55. The van der Waals surface area contributed by atoms with Gasteiger partial charge in [-0.1, -0.05) is 0 Å². The molecule has 0 atom stereocenters. The molecule has 0 N–H and O–H groups in total. The molecule has 1 saturated heterocycles. The average molecular weight is 271 g/mol. The van der Waals surface area contributed by atoms with Gasteiger partial charge in [-0.25, -0.2) is 0 Å². The van der Waals surface area contributed by atoms with E-state index in [0.29, 0.717) is 0 Å². The second-order valence-corrected chi connectivity index (χ2v) is 6.21. The summed E-state index contributed by atoms with van der Waals surface area (Å²) in [6.07, 6.45) is 6.08. The molecule has 20 heavy (non-hydrogen) atoms. The quantitative estimate of drug-likeness (QED) is 0.847. The zero-order valence-electron chi connectivity index (χ0n) is 12.9. The monoisotopic (exact) mass is 271 g/mol. The molecule has 0 bridgehead atoms. The molecule has 1 fully saturated rings. The fourth-order valence-electron chi connectivity index (χ4n) is 3.18. The van der Waals surface area contributed by atoms with Crippen LogP contribution in [-0.2, 0) is 13.5 Å². The van der Waals surface area contributed by atoms with E-state index < -0.39 is 0 Å². The number of nitrogens with zero attached hydrogens (tertiary/aromatic N) is 3. The highest BCUT2D eigenvalue weighted by atomic mass is 15.1. The molecule has 0 unspecified atom stereocenters. The molecule has 108 valence electrons. The Balaban J connectivity index is 1.95. The second-order valence-electron chi connectivity index (χ2n) is 6.21. The van der Waals surface area contributed by atoms with Crippen LogP contribution in [0, 0.1) is 0 Å². The lowest BCUT2D eigenvalue weighted by Crippen LogP contribution is -2.17. The highest BCUT2D eigenvalue weighted by Crippen LogP contribution is 2.28. The molecule has 1 aliphatic heterocycles. The zero-order valence-corrected chi connectivity index (χ0v) is 12.9. The first-order valence-electron chi connectivity index (χ1n) is 7.63. The van der Waals surface area contributed by atoms with Crippen LogP contribution in [0.1, 0.15) is 18.4 Å². The van der Waals surface area contributed by atoms with Crippen molar-refractivity contribution in [2.24, 2.45) is 7.05 Å². The van der Waals surface area contributed by atoms with Gasteiger partial charge in [-0.15, -0.1) is 0 Å². The van der Waals surface area contributed by atoms with E-state index in [-0.39, 0.29) is 0 Å². The van der Waals surface area contributed by atoms with Crippen molar-refractivity contribution in [1.29, 1.82) is 0 Å². The summed E-state index contributed by atoms with van der Waals surface area (Å²) < 4.78 is 2.26. The van der Waals surface area contributed by atoms with Crippen molar-refractivity contribution in [3.8, 4) is 0 Å². The van der Waals surface area contributed by atoms with E-state index in [1.54, 1.807) is 0 Å². The minimum Gasteiger partial charge on any atom is -0.372 e. The number of likely N-dealkylation sites (N-methyl/N-ethyl adjacent to an activating group) is 1. The third-order valence-electron chi connectivity index (χ3n) is 4.36. The van der Waals surface area contributed by atoms with E-state index in [1.807, 2.05) is 0 Å². The first kappa shape index (κ1) is 13.5. The Labute approximate surface area is 121 Å². The van der Waals surface area contributed by atoms with Gasteiger partial charge in [-0.2, -0.15) is 0 Å². The van der Waals surface area contributed by atoms with Crippen LogP contribution in [0.5, 0.6) is 0 Å². The van der Waals surface area contributed by atoms with E-state index in [4.69, 9.17) is 0 Å². The lowest BCUT2D eigenvalue weighted by atomic mass is 10.1. The van der Waals surface area contributed by atoms with Crippen LogP contribution < -0.4 is 4.90 Å². The molecule has 0 amide bonds. The van der Waals surface area contributed by atoms with Crippen LogP contribution in [0.4, 0.5) is 5.69 Å². The average Bonchev–Trinajstić information content (AvgIpc) is 3.05. The van der Waals surface area contributed by atoms with Gasteiger partial charge in [0.15, 0.2) is 0 Å². The Kier molecular flexibility index (Phi) is 3.70. The topological polar surface area (TPSA) is 11.4 Å². The number of fused-ring (bicyclic) bond motifs is 1. The molecule has 3 nitrogen and oxygen atoms in total. The van der Waals surface area contributed by atoms with Gasteiger partial charge < -0.3 is 14.4 Å². The smallest absolute Gasteiger partial charge is 0.0482 e. The van der Waals surface area contributed by atoms with Gasteiger partial charge in [0.25, 0.3) is 0 Å². The fourth-order valence-corrected chi connectivity index (χ4v) is 3.18. The largest absolute Gasteiger partial charge is 0.372 e. The number of aryl methyl sites for hydroxylation is 1. The normalized spacial score (nSPS) is 15.7. The Morgan fingerprint density at radius 2 is 1.90 bits per heavy atom. The molecule has 3 heteroatoms. The van der Waals surface area contributed by atoms with Crippen molar-refractivity contribution in [2.75, 3.05) is 38.6 Å². The molecular weight excluding hydrogens is 246 g/mol. The van der Waals surface area contributed by atoms with Gasteiger partial charge in [-0.3, -0.25) is 0 Å². The van der Waals surface area contributed by atoms with Crippen molar-refractivity contribution < 1.29 is 0 Å². The summed E-state index contributed by atoms with van der Waals surface area (Å²) >= 11 is 0. The highest BCUT2D eigenvalue weighted by molar-refractivity contribution is 5.87. The number of hydrogen-bond acceptors (Lipinski definition) is 2. The van der Waals surface area contributed by atoms with Gasteiger partial charge in [0.2, 0.25) is 0 Å². The Morgan fingerprint density at radius 1 is 1.15 bits per heavy atom. The maximum atomic E-state index is 2.52. The SMILES string of the molecule is CN(C)CCc1cn(C)c2ccc(N3CCCC3)cc12. The summed E-state index contributed by atoms with van der Waals surface area (Å²) in [6.45, 7) is 3.53. The molecule has 0 radical (unpaired) electrons. The van der Waals surface area contributed by atoms with Crippen molar-refractivity contribution >= 4 is 16.6 Å². The summed E-state index contributed by atoms with van der Waals surface area (Å²) in [5, 5.41) is 1.43. The maximum Gasteiger partial charge on any atom is 0.0482 e. The van der Waals surface area contributed by atoms with Crippen LogP contribution >= 0.6 is 0 Å². The summed E-state index contributed by atoms with van der Waals surface area (Å²) in [7, 11) is 6.43. The van der Waals surface area contributed by atoms with Crippen LogP contribution in [0.25, 0.3) is 10.9 Å². The molecule has 1 aliphatic rings. The van der Waals surface area contributed by atoms with Crippen molar-refractivity contribution in [3.05, 3.63) is 30.0 Å². The van der Waals surface area contributed by atoms with Gasteiger partial charge in [0.1, 0.15) is 0 Å². The predicted octanol–water partition coefficient (Wildman–Crippen LogP) is 2.88. The van der Waals surface area contributed by atoms with E-state index in [0.717, 1.165) is 13.0 Å². The van der Waals surface area contributed by atoms with Crippen molar-refractivity contribution in [3.63, 3.8) is 0 Å². The Bertz CT molecular complexity index is 592. The van der Waals surface area contributed by atoms with Gasteiger partial charge in [0.05, 0.1) is 0 Å². The van der Waals surface area contributed by atoms with Crippen molar-refractivity contribution in [2.45, 2.75) is 19.3 Å². The molecule has 0 saturated carbocycles. The summed E-state index contributed by atoms with van der Waals surface area (Å²) in [5.74, 6) is 0. The predicted molar refractivity (Wildman–Crippen MR) is 86.6 cm³/mol. The molecule has 0 spiro atoms. The molecule has 2 aromatic rings. The van der Waals surface area contributed by atoms with E-state index >= 15 is 0 Å². The zero-order chi connectivity index (χ0) is 14.1. The van der Waals surface area contributed by atoms with Crippen LogP contribution in [0.15, 0.2) is 24.4 Å². The molecule has 3 rings (SSSR count). The third-order valence-corrected chi connectivity index (χ3v) is 4.36. The molecule has 0 aliphatic carbocycles. The molecule has 1 aromatic heterocycles. The fraction of sp³-hybridized carbons (Fsp3) is 0.529. The Morgan fingerprint density at radius 3 is 2.60 bits per heavy atom. The van der Waals surface area contributed by atoms with E-state index in [1.165, 1.54) is 48.1 Å². The minimum atomic E-state index is 1.10. The summed E-state index contributed by atoms with van der Waals surface area (Å²) in [5.41, 5.74) is 4.21. The maximum absolute atomic E-state index is 2.52. The Hall–Kier alpha value is -1.48. The van der Waals surface area contributed by atoms with E-state index in [2.05, 4.69) is 59.9 Å². The van der Waals surface area contributed by atoms with E-state index in [9.17, 15) is 0 Å². The van der Waals surface area contributed by atoms with Crippen LogP contribution in [-0.4, -0.2) is 43.2 Å². The van der Waals surface area contributed by atoms with Gasteiger partial charge >= 0.3 is 0 Å². The standard InChI is InChI=1S/C17H25N3/c1-18(2)11-8-14-13-19(3)17-7-6-15(12-16(14)17)20-9-4-5-10-20/h6-7,12-13H,4-5,8-11H2,1-3H3. The first-order valence-corrected chi connectivity index (χ1v) is 7.63. The van der Waals surface area contributed by atoms with Crippen LogP contribution in [0.3, 0.4) is 0 Å². The lowest BCUT2D eigenvalue weighted by molar-refractivity contribution is 0.414. The summed E-state index contributed by atoms with van der Waals surface area (Å²) in [4.78, 5) is 4.77. The van der Waals surface area contributed by atoms with Crippen LogP contribution in [0.2, 0.25) is 0 Å². The number of aromatic nitrogens is 1. The molecule has 2 heterocycles. The second kappa shape index (κ2) is 5.49. The first-order chi connectivity index (χ1) is 9.65. The molecule has 1 aromatic carbocycles. The number of hydrogen-bond donors (Lipinski definition) is 0. The summed E-state index contributed by atoms with van der Waals surface area (Å²) in [6, 6.07) is 6.96. The number of rotatable bonds is 4. The number of benzene rings is 1. The van der Waals surface area contributed by atoms with Gasteiger partial charge in [0, 0.05) is 49.5 Å². The van der Waals surface area contributed by atoms with Gasteiger partial charge in [-0.05, 0) is 57.1 Å². The number of anilines is 1.